The number of allylic oxidation sites excluding steroid dienone is 4. The van der Waals surface area contributed by atoms with Crippen LogP contribution in [0.1, 0.15) is 0 Å². The lowest BCUT2D eigenvalue weighted by atomic mass is 9.94. The average molecular weight is 222 g/mol. The third-order valence-electron chi connectivity index (χ3n) is 1.77. The predicted molar refractivity (Wildman–Crippen MR) is 50.6 cm³/mol. The third-order valence-corrected chi connectivity index (χ3v) is 1.77. The number of aliphatic carboxylic acids is 2. The maximum Gasteiger partial charge on any atom is 0.340 e. The van der Waals surface area contributed by atoms with Gasteiger partial charge >= 0.3 is 11.9 Å². The normalized spacial score (nSPS) is 16.0. The molecule has 0 aliphatic heterocycles. The highest BCUT2D eigenvalue weighted by molar-refractivity contribution is 6.31. The number of hydrogen-bond donors (Lipinski definition) is 2. The van der Waals surface area contributed by atoms with Gasteiger partial charge in [-0.1, -0.05) is 0 Å². The number of rotatable bonds is 3. The fraction of sp³-hybridized carbons (Fsp3) is 0. The van der Waals surface area contributed by atoms with Crippen LogP contribution in [-0.2, 0) is 19.2 Å². The minimum atomic E-state index is -1.56. The molecule has 16 heavy (non-hydrogen) atoms. The first-order valence-corrected chi connectivity index (χ1v) is 4.09. The molecule has 0 radical (unpaired) electrons. The van der Waals surface area contributed by atoms with Crippen LogP contribution >= 0.6 is 0 Å². The van der Waals surface area contributed by atoms with Gasteiger partial charge in [-0.3, -0.25) is 9.59 Å². The number of hydrogen-bond acceptors (Lipinski definition) is 4. The van der Waals surface area contributed by atoms with Gasteiger partial charge in [0.25, 0.3) is 0 Å². The molecule has 0 heterocycles. The van der Waals surface area contributed by atoms with Crippen molar-refractivity contribution < 1.29 is 29.4 Å². The van der Waals surface area contributed by atoms with Gasteiger partial charge in [0, 0.05) is 11.6 Å². The molecule has 0 saturated heterocycles. The molecule has 0 aromatic rings. The lowest BCUT2D eigenvalue weighted by molar-refractivity contribution is -0.135. The van der Waals surface area contributed by atoms with E-state index in [1.807, 2.05) is 0 Å². The second-order valence-electron chi connectivity index (χ2n) is 2.83. The van der Waals surface area contributed by atoms with Crippen molar-refractivity contribution in [3.8, 4) is 0 Å². The third kappa shape index (κ3) is 2.30. The van der Waals surface area contributed by atoms with Gasteiger partial charge < -0.3 is 10.2 Å². The van der Waals surface area contributed by atoms with Gasteiger partial charge in [-0.15, -0.1) is 0 Å². The highest BCUT2D eigenvalue weighted by Gasteiger charge is 2.26. The Kier molecular flexibility index (Phi) is 3.14. The Morgan fingerprint density at radius 2 is 1.62 bits per heavy atom. The van der Waals surface area contributed by atoms with Gasteiger partial charge in [0.05, 0.1) is 0 Å². The van der Waals surface area contributed by atoms with Crippen LogP contribution in [0.15, 0.2) is 35.5 Å². The van der Waals surface area contributed by atoms with Crippen LogP contribution in [0.4, 0.5) is 0 Å². The molecule has 0 aromatic carbocycles. The molecule has 0 bridgehead atoms. The molecule has 0 aromatic heterocycles. The molecule has 6 nitrogen and oxygen atoms in total. The van der Waals surface area contributed by atoms with Gasteiger partial charge in [-0.2, -0.15) is 0 Å². The van der Waals surface area contributed by atoms with E-state index >= 15 is 0 Å². The Hall–Kier alpha value is -2.50. The maximum atomic E-state index is 11.3. The van der Waals surface area contributed by atoms with Gasteiger partial charge in [0.2, 0.25) is 0 Å². The van der Waals surface area contributed by atoms with E-state index in [1.165, 1.54) is 0 Å². The standard InChI is InChI=1S/C10H6O6/c11-6-2-3-7(12)9(10(15)16)5(6)1-4-8(13)14/h1-4H,(H,13,14)(H,15,16)/b4-1+. The fourth-order valence-corrected chi connectivity index (χ4v) is 1.12. The van der Waals surface area contributed by atoms with Gasteiger partial charge in [-0.25, -0.2) is 9.59 Å². The summed E-state index contributed by atoms with van der Waals surface area (Å²) in [6, 6.07) is 0. The van der Waals surface area contributed by atoms with Crippen LogP contribution in [0.3, 0.4) is 0 Å². The molecule has 0 amide bonds. The summed E-state index contributed by atoms with van der Waals surface area (Å²) in [7, 11) is 0. The summed E-state index contributed by atoms with van der Waals surface area (Å²) < 4.78 is 0. The smallest absolute Gasteiger partial charge is 0.340 e. The maximum absolute atomic E-state index is 11.3. The average Bonchev–Trinajstić information content (AvgIpc) is 2.18. The molecule has 1 aliphatic carbocycles. The lowest BCUT2D eigenvalue weighted by Crippen LogP contribution is -2.19. The number of carboxylic acids is 2. The molecule has 2 N–H and O–H groups in total. The Morgan fingerprint density at radius 1 is 1.06 bits per heavy atom. The van der Waals surface area contributed by atoms with Crippen LogP contribution in [0.5, 0.6) is 0 Å². The summed E-state index contributed by atoms with van der Waals surface area (Å²) in [6.07, 6.45) is 3.14. The molecule has 1 rings (SSSR count). The van der Waals surface area contributed by atoms with E-state index in [4.69, 9.17) is 10.2 Å². The molecule has 0 saturated carbocycles. The van der Waals surface area contributed by atoms with Crippen molar-refractivity contribution in [2.45, 2.75) is 0 Å². The van der Waals surface area contributed by atoms with E-state index in [0.717, 1.165) is 18.2 Å². The molecule has 0 fully saturated rings. The SMILES string of the molecule is O=C(O)/C=C/C1=C(C(=O)O)C(=O)C=CC1=O. The van der Waals surface area contributed by atoms with Gasteiger partial charge in [-0.05, 0) is 18.2 Å². The topological polar surface area (TPSA) is 109 Å². The molecule has 0 spiro atoms. The summed E-state index contributed by atoms with van der Waals surface area (Å²) >= 11 is 0. The van der Waals surface area contributed by atoms with Crippen molar-refractivity contribution >= 4 is 23.5 Å². The van der Waals surface area contributed by atoms with Crippen LogP contribution < -0.4 is 0 Å². The summed E-state index contributed by atoms with van der Waals surface area (Å²) in [6.45, 7) is 0. The first kappa shape index (κ1) is 11.6. The Balaban J connectivity index is 3.29. The highest BCUT2D eigenvalue weighted by Crippen LogP contribution is 2.15. The highest BCUT2D eigenvalue weighted by atomic mass is 16.4. The second-order valence-corrected chi connectivity index (χ2v) is 2.83. The van der Waals surface area contributed by atoms with Crippen LogP contribution in [0, 0.1) is 0 Å². The first-order chi connectivity index (χ1) is 7.43. The van der Waals surface area contributed by atoms with Crippen molar-refractivity contribution in [1.82, 2.24) is 0 Å². The van der Waals surface area contributed by atoms with Crippen molar-refractivity contribution in [3.63, 3.8) is 0 Å². The Bertz CT molecular complexity index is 478. The Morgan fingerprint density at radius 3 is 2.12 bits per heavy atom. The van der Waals surface area contributed by atoms with Gasteiger partial charge in [0.1, 0.15) is 5.57 Å². The molecule has 0 unspecified atom stereocenters. The molecule has 6 heteroatoms. The lowest BCUT2D eigenvalue weighted by Gasteiger charge is -2.07. The molecule has 1 aliphatic rings. The number of carboxylic acid groups (broad SMARTS) is 2. The van der Waals surface area contributed by atoms with Crippen LogP contribution in [0.25, 0.3) is 0 Å². The summed E-state index contributed by atoms with van der Waals surface area (Å²) in [5.74, 6) is -4.45. The van der Waals surface area contributed by atoms with E-state index in [9.17, 15) is 19.2 Å². The van der Waals surface area contributed by atoms with Crippen LogP contribution in [0.2, 0.25) is 0 Å². The number of carbonyl (C=O) groups excluding carboxylic acids is 2. The van der Waals surface area contributed by atoms with E-state index in [2.05, 4.69) is 0 Å². The minimum absolute atomic E-state index is 0.428. The second kappa shape index (κ2) is 4.35. The first-order valence-electron chi connectivity index (χ1n) is 4.09. The largest absolute Gasteiger partial charge is 0.478 e. The van der Waals surface area contributed by atoms with Crippen molar-refractivity contribution in [3.05, 3.63) is 35.5 Å². The Labute approximate surface area is 89.2 Å². The zero-order valence-electron chi connectivity index (χ0n) is 7.84. The monoisotopic (exact) mass is 222 g/mol. The minimum Gasteiger partial charge on any atom is -0.478 e. The summed E-state index contributed by atoms with van der Waals surface area (Å²) in [5.41, 5.74) is -1.15. The van der Waals surface area contributed by atoms with Crippen molar-refractivity contribution in [2.24, 2.45) is 0 Å². The summed E-state index contributed by atoms with van der Waals surface area (Å²) in [5, 5.41) is 17.1. The van der Waals surface area contributed by atoms with Crippen molar-refractivity contribution in [2.75, 3.05) is 0 Å². The van der Waals surface area contributed by atoms with Crippen molar-refractivity contribution in [1.29, 1.82) is 0 Å². The van der Waals surface area contributed by atoms with E-state index < -0.39 is 34.7 Å². The fourth-order valence-electron chi connectivity index (χ4n) is 1.12. The van der Waals surface area contributed by atoms with E-state index in [-0.39, 0.29) is 0 Å². The van der Waals surface area contributed by atoms with E-state index in [1.54, 1.807) is 0 Å². The van der Waals surface area contributed by atoms with E-state index in [0.29, 0.717) is 6.08 Å². The van der Waals surface area contributed by atoms with Gasteiger partial charge in [0.15, 0.2) is 11.6 Å². The zero-order valence-corrected chi connectivity index (χ0v) is 7.84. The number of carbonyl (C=O) groups is 4. The number of ketones is 2. The molecular weight excluding hydrogens is 216 g/mol. The molecular formula is C10H6O6. The summed E-state index contributed by atoms with van der Waals surface area (Å²) in [4.78, 5) is 43.4. The predicted octanol–water partition coefficient (Wildman–Crippen LogP) is -0.284. The molecule has 0 atom stereocenters. The zero-order chi connectivity index (χ0) is 12.3. The van der Waals surface area contributed by atoms with Crippen LogP contribution in [-0.4, -0.2) is 33.7 Å². The molecule has 82 valence electrons. The quantitative estimate of drug-likeness (QED) is 0.386.